The summed E-state index contributed by atoms with van der Waals surface area (Å²) in [4.78, 5) is 0. The predicted molar refractivity (Wildman–Crippen MR) is 63.6 cm³/mol. The maximum Gasteiger partial charge on any atom is 0.168 e. The van der Waals surface area contributed by atoms with E-state index in [0.29, 0.717) is 25.3 Å². The Hall–Kier alpha value is -1.20. The third-order valence-electron chi connectivity index (χ3n) is 2.91. The van der Waals surface area contributed by atoms with Crippen LogP contribution in [0, 0.1) is 11.6 Å². The van der Waals surface area contributed by atoms with E-state index in [-0.39, 0.29) is 11.9 Å². The Morgan fingerprint density at radius 2 is 2.06 bits per heavy atom. The van der Waals surface area contributed by atoms with Crippen LogP contribution in [0.3, 0.4) is 0 Å². The highest BCUT2D eigenvalue weighted by atomic mass is 19.1. The highest BCUT2D eigenvalue weighted by molar-refractivity contribution is 5.35. The van der Waals surface area contributed by atoms with Gasteiger partial charge in [-0.1, -0.05) is 0 Å². The standard InChI is InChI=1S/C13H17F2NO2/c1-16-8-9-6-10(14)7-12(15)13(9)18-11-2-4-17-5-3-11/h6-7,11,16H,2-5,8H2,1H3. The summed E-state index contributed by atoms with van der Waals surface area (Å²) < 4.78 is 37.8. The molecule has 2 rings (SSSR count). The minimum absolute atomic E-state index is 0.0608. The molecule has 18 heavy (non-hydrogen) atoms. The van der Waals surface area contributed by atoms with Gasteiger partial charge in [0.15, 0.2) is 11.6 Å². The molecule has 0 aromatic heterocycles. The van der Waals surface area contributed by atoms with E-state index >= 15 is 0 Å². The lowest BCUT2D eigenvalue weighted by molar-refractivity contribution is 0.0235. The molecule has 0 spiro atoms. The summed E-state index contributed by atoms with van der Waals surface area (Å²) >= 11 is 0. The highest BCUT2D eigenvalue weighted by Gasteiger charge is 2.20. The minimum atomic E-state index is -0.647. The average molecular weight is 257 g/mol. The first-order chi connectivity index (χ1) is 8.70. The smallest absolute Gasteiger partial charge is 0.168 e. The molecule has 1 N–H and O–H groups in total. The zero-order valence-corrected chi connectivity index (χ0v) is 10.3. The summed E-state index contributed by atoms with van der Waals surface area (Å²) in [5, 5.41) is 2.88. The van der Waals surface area contributed by atoms with E-state index in [1.165, 1.54) is 6.07 Å². The summed E-state index contributed by atoms with van der Waals surface area (Å²) in [5.74, 6) is -1.08. The molecular weight excluding hydrogens is 240 g/mol. The summed E-state index contributed by atoms with van der Waals surface area (Å²) in [5.41, 5.74) is 0.501. The molecule has 100 valence electrons. The maximum absolute atomic E-state index is 13.8. The lowest BCUT2D eigenvalue weighted by atomic mass is 10.1. The molecule has 1 saturated heterocycles. The van der Waals surface area contributed by atoms with Crippen molar-refractivity contribution in [2.45, 2.75) is 25.5 Å². The predicted octanol–water partition coefficient (Wildman–Crippen LogP) is 2.24. The van der Waals surface area contributed by atoms with E-state index in [4.69, 9.17) is 9.47 Å². The van der Waals surface area contributed by atoms with Gasteiger partial charge in [0.25, 0.3) is 0 Å². The monoisotopic (exact) mass is 257 g/mol. The van der Waals surface area contributed by atoms with E-state index in [1.807, 2.05) is 0 Å². The van der Waals surface area contributed by atoms with Crippen molar-refractivity contribution in [2.75, 3.05) is 20.3 Å². The quantitative estimate of drug-likeness (QED) is 0.897. The SMILES string of the molecule is CNCc1cc(F)cc(F)c1OC1CCOCC1. The van der Waals surface area contributed by atoms with E-state index in [0.717, 1.165) is 18.9 Å². The van der Waals surface area contributed by atoms with Gasteiger partial charge < -0.3 is 14.8 Å². The van der Waals surface area contributed by atoms with Crippen molar-refractivity contribution < 1.29 is 18.3 Å². The van der Waals surface area contributed by atoms with Crippen LogP contribution in [0.25, 0.3) is 0 Å². The lowest BCUT2D eigenvalue weighted by Crippen LogP contribution is -2.27. The maximum atomic E-state index is 13.8. The normalized spacial score (nSPS) is 16.8. The molecule has 0 radical (unpaired) electrons. The molecular formula is C13H17F2NO2. The molecule has 0 saturated carbocycles. The van der Waals surface area contributed by atoms with Crippen LogP contribution in [0.15, 0.2) is 12.1 Å². The van der Waals surface area contributed by atoms with Gasteiger partial charge in [-0.3, -0.25) is 0 Å². The van der Waals surface area contributed by atoms with Gasteiger partial charge in [-0.25, -0.2) is 8.78 Å². The fourth-order valence-corrected chi connectivity index (χ4v) is 2.03. The minimum Gasteiger partial charge on any atom is -0.487 e. The summed E-state index contributed by atoms with van der Waals surface area (Å²) in [7, 11) is 1.72. The third kappa shape index (κ3) is 3.17. The molecule has 3 nitrogen and oxygen atoms in total. The van der Waals surface area contributed by atoms with Crippen LogP contribution in [0.5, 0.6) is 5.75 Å². The van der Waals surface area contributed by atoms with Gasteiger partial charge in [-0.2, -0.15) is 0 Å². The molecule has 1 aliphatic rings. The zero-order chi connectivity index (χ0) is 13.0. The molecule has 1 aromatic carbocycles. The first-order valence-electron chi connectivity index (χ1n) is 6.07. The molecule has 0 atom stereocenters. The van der Waals surface area contributed by atoms with Crippen molar-refractivity contribution in [1.29, 1.82) is 0 Å². The Balaban J connectivity index is 2.18. The van der Waals surface area contributed by atoms with Crippen LogP contribution in [0.2, 0.25) is 0 Å². The Kier molecular flexibility index (Phi) is 4.49. The topological polar surface area (TPSA) is 30.5 Å². The van der Waals surface area contributed by atoms with Crippen LogP contribution in [-0.2, 0) is 11.3 Å². The van der Waals surface area contributed by atoms with Crippen molar-refractivity contribution in [2.24, 2.45) is 0 Å². The Bertz CT molecular complexity index is 406. The number of hydrogen-bond donors (Lipinski definition) is 1. The number of hydrogen-bond acceptors (Lipinski definition) is 3. The van der Waals surface area contributed by atoms with Gasteiger partial charge in [0.05, 0.1) is 13.2 Å². The first kappa shape index (κ1) is 13.2. The number of rotatable bonds is 4. The van der Waals surface area contributed by atoms with Crippen molar-refractivity contribution >= 4 is 0 Å². The molecule has 1 heterocycles. The summed E-state index contributed by atoms with van der Waals surface area (Å²) in [6, 6.07) is 2.15. The fraction of sp³-hybridized carbons (Fsp3) is 0.538. The second-order valence-electron chi connectivity index (χ2n) is 4.34. The van der Waals surface area contributed by atoms with E-state index < -0.39 is 11.6 Å². The fourth-order valence-electron chi connectivity index (χ4n) is 2.03. The zero-order valence-electron chi connectivity index (χ0n) is 10.3. The Labute approximate surface area is 105 Å². The van der Waals surface area contributed by atoms with E-state index in [1.54, 1.807) is 7.05 Å². The van der Waals surface area contributed by atoms with Gasteiger partial charge in [0.1, 0.15) is 11.9 Å². The number of benzene rings is 1. The van der Waals surface area contributed by atoms with Gasteiger partial charge in [-0.15, -0.1) is 0 Å². The third-order valence-corrected chi connectivity index (χ3v) is 2.91. The van der Waals surface area contributed by atoms with Crippen LogP contribution in [0.1, 0.15) is 18.4 Å². The van der Waals surface area contributed by atoms with Crippen molar-refractivity contribution in [3.05, 3.63) is 29.3 Å². The first-order valence-corrected chi connectivity index (χ1v) is 6.07. The van der Waals surface area contributed by atoms with Crippen molar-refractivity contribution in [1.82, 2.24) is 5.32 Å². The van der Waals surface area contributed by atoms with E-state index in [9.17, 15) is 8.78 Å². The Morgan fingerprint density at radius 3 is 2.72 bits per heavy atom. The average Bonchev–Trinajstić information content (AvgIpc) is 2.35. The second-order valence-corrected chi connectivity index (χ2v) is 4.34. The van der Waals surface area contributed by atoms with Crippen LogP contribution in [-0.4, -0.2) is 26.4 Å². The van der Waals surface area contributed by atoms with Crippen LogP contribution >= 0.6 is 0 Å². The lowest BCUT2D eigenvalue weighted by Gasteiger charge is -2.24. The van der Waals surface area contributed by atoms with Crippen molar-refractivity contribution in [3.8, 4) is 5.75 Å². The molecule has 5 heteroatoms. The largest absolute Gasteiger partial charge is 0.487 e. The van der Waals surface area contributed by atoms with Gasteiger partial charge in [0, 0.05) is 31.0 Å². The summed E-state index contributed by atoms with van der Waals surface area (Å²) in [6.07, 6.45) is 1.40. The molecule has 1 fully saturated rings. The number of nitrogens with one attached hydrogen (secondary N) is 1. The van der Waals surface area contributed by atoms with Crippen molar-refractivity contribution in [3.63, 3.8) is 0 Å². The van der Waals surface area contributed by atoms with Crippen LogP contribution in [0.4, 0.5) is 8.78 Å². The molecule has 1 aromatic rings. The second kappa shape index (κ2) is 6.11. The molecule has 0 bridgehead atoms. The highest BCUT2D eigenvalue weighted by Crippen LogP contribution is 2.27. The molecule has 0 amide bonds. The van der Waals surface area contributed by atoms with Gasteiger partial charge in [-0.05, 0) is 13.1 Å². The van der Waals surface area contributed by atoms with Crippen LogP contribution < -0.4 is 10.1 Å². The number of ether oxygens (including phenoxy) is 2. The molecule has 0 unspecified atom stereocenters. The van der Waals surface area contributed by atoms with E-state index in [2.05, 4.69) is 5.32 Å². The van der Waals surface area contributed by atoms with Gasteiger partial charge in [0.2, 0.25) is 0 Å². The molecule has 1 aliphatic heterocycles. The Morgan fingerprint density at radius 1 is 1.33 bits per heavy atom. The van der Waals surface area contributed by atoms with Gasteiger partial charge >= 0.3 is 0 Å². The number of halogens is 2. The summed E-state index contributed by atoms with van der Waals surface area (Å²) in [6.45, 7) is 1.61. The molecule has 0 aliphatic carbocycles.